The van der Waals surface area contributed by atoms with Crippen LogP contribution in [0.2, 0.25) is 0 Å². The van der Waals surface area contributed by atoms with Gasteiger partial charge in [-0.05, 0) is 42.0 Å². The monoisotopic (exact) mass is 447 g/mol. The zero-order valence-corrected chi connectivity index (χ0v) is 17.8. The number of hydrogen-bond acceptors (Lipinski definition) is 7. The fourth-order valence-electron chi connectivity index (χ4n) is 3.36. The highest BCUT2D eigenvalue weighted by atomic mass is 16.7. The van der Waals surface area contributed by atoms with E-state index >= 15 is 0 Å². The third-order valence-corrected chi connectivity index (χ3v) is 4.98. The molecule has 2 aromatic carbocycles. The predicted octanol–water partition coefficient (Wildman–Crippen LogP) is 4.09. The quantitative estimate of drug-likeness (QED) is 0.434. The summed E-state index contributed by atoms with van der Waals surface area (Å²) in [6, 6.07) is 16.4. The molecule has 5 rings (SSSR count). The average Bonchev–Trinajstić information content (AvgIpc) is 3.58. The first-order valence-corrected chi connectivity index (χ1v) is 10.2. The van der Waals surface area contributed by atoms with Crippen LogP contribution in [-0.2, 0) is 13.2 Å². The van der Waals surface area contributed by atoms with Crippen molar-refractivity contribution < 1.29 is 28.2 Å². The number of methoxy groups -OCH3 is 1. The summed E-state index contributed by atoms with van der Waals surface area (Å²) in [5, 5.41) is 7.09. The van der Waals surface area contributed by atoms with Crippen molar-refractivity contribution >= 4 is 11.6 Å². The minimum Gasteiger partial charge on any atom is -0.497 e. The standard InChI is InChI=1S/C24H21N3O6/c1-29-18-4-2-3-16(9-18)12-27-13-17(11-25-27)26-24(28)22-8-6-20(33-22)14-30-19-5-7-21-23(10-19)32-15-31-21/h2-11,13H,12,14-15H2,1H3,(H,26,28). The molecule has 1 amide bonds. The summed E-state index contributed by atoms with van der Waals surface area (Å²) in [7, 11) is 1.63. The van der Waals surface area contributed by atoms with E-state index in [9.17, 15) is 4.79 Å². The van der Waals surface area contributed by atoms with Gasteiger partial charge in [0.25, 0.3) is 5.91 Å². The fraction of sp³-hybridized carbons (Fsp3) is 0.167. The molecule has 1 aliphatic rings. The van der Waals surface area contributed by atoms with E-state index in [2.05, 4.69) is 10.4 Å². The molecule has 3 heterocycles. The number of amides is 1. The maximum Gasteiger partial charge on any atom is 0.291 e. The second-order valence-electron chi connectivity index (χ2n) is 7.30. The third kappa shape index (κ3) is 4.77. The van der Waals surface area contributed by atoms with Gasteiger partial charge in [0.1, 0.15) is 23.9 Å². The molecule has 1 aliphatic heterocycles. The molecule has 2 aromatic heterocycles. The molecule has 9 nitrogen and oxygen atoms in total. The SMILES string of the molecule is COc1cccc(Cn2cc(NC(=O)c3ccc(COc4ccc5c(c4)OCO5)o3)cn2)c1. The van der Waals surface area contributed by atoms with Crippen LogP contribution < -0.4 is 24.3 Å². The first kappa shape index (κ1) is 20.5. The summed E-state index contributed by atoms with van der Waals surface area (Å²) in [5.41, 5.74) is 1.60. The molecule has 0 saturated heterocycles. The van der Waals surface area contributed by atoms with Crippen LogP contribution in [-0.4, -0.2) is 29.6 Å². The lowest BCUT2D eigenvalue weighted by Gasteiger charge is -2.05. The molecule has 0 fully saturated rings. The third-order valence-electron chi connectivity index (χ3n) is 4.98. The van der Waals surface area contributed by atoms with Gasteiger partial charge >= 0.3 is 0 Å². The van der Waals surface area contributed by atoms with Crippen LogP contribution in [0.1, 0.15) is 21.9 Å². The van der Waals surface area contributed by atoms with E-state index in [-0.39, 0.29) is 25.1 Å². The van der Waals surface area contributed by atoms with Crippen molar-refractivity contribution in [1.29, 1.82) is 0 Å². The van der Waals surface area contributed by atoms with Gasteiger partial charge in [0, 0.05) is 12.3 Å². The minimum absolute atomic E-state index is 0.172. The van der Waals surface area contributed by atoms with Gasteiger partial charge in [0.15, 0.2) is 17.3 Å². The van der Waals surface area contributed by atoms with Gasteiger partial charge in [-0.15, -0.1) is 0 Å². The van der Waals surface area contributed by atoms with Crippen LogP contribution >= 0.6 is 0 Å². The topological polar surface area (TPSA) is 97.0 Å². The van der Waals surface area contributed by atoms with Crippen LogP contribution in [0.15, 0.2) is 71.4 Å². The largest absolute Gasteiger partial charge is 0.497 e. The molecule has 168 valence electrons. The number of nitrogens with zero attached hydrogens (tertiary/aromatic N) is 2. The summed E-state index contributed by atoms with van der Waals surface area (Å²) >= 11 is 0. The van der Waals surface area contributed by atoms with E-state index in [1.165, 1.54) is 0 Å². The lowest BCUT2D eigenvalue weighted by molar-refractivity contribution is 0.0992. The molecular formula is C24H21N3O6. The van der Waals surface area contributed by atoms with Gasteiger partial charge in [-0.1, -0.05) is 12.1 Å². The molecule has 0 radical (unpaired) electrons. The highest BCUT2D eigenvalue weighted by molar-refractivity contribution is 6.02. The van der Waals surface area contributed by atoms with E-state index in [1.807, 2.05) is 24.3 Å². The van der Waals surface area contributed by atoms with Crippen molar-refractivity contribution in [3.63, 3.8) is 0 Å². The van der Waals surface area contributed by atoms with E-state index < -0.39 is 0 Å². The molecular weight excluding hydrogens is 426 g/mol. The Bertz CT molecular complexity index is 1280. The van der Waals surface area contributed by atoms with Crippen LogP contribution in [0.3, 0.4) is 0 Å². The summed E-state index contributed by atoms with van der Waals surface area (Å²) in [6.07, 6.45) is 3.34. The number of aromatic nitrogens is 2. The number of ether oxygens (including phenoxy) is 4. The highest BCUT2D eigenvalue weighted by Crippen LogP contribution is 2.35. The van der Waals surface area contributed by atoms with E-state index in [4.69, 9.17) is 23.4 Å². The van der Waals surface area contributed by atoms with Crippen molar-refractivity contribution in [3.05, 3.63) is 84.1 Å². The first-order valence-electron chi connectivity index (χ1n) is 10.2. The highest BCUT2D eigenvalue weighted by Gasteiger charge is 2.15. The Labute approximate surface area is 189 Å². The summed E-state index contributed by atoms with van der Waals surface area (Å²) < 4.78 is 28.9. The van der Waals surface area contributed by atoms with E-state index in [1.54, 1.807) is 54.5 Å². The van der Waals surface area contributed by atoms with Gasteiger partial charge in [-0.25, -0.2) is 0 Å². The number of carbonyl (C=O) groups excluding carboxylic acids is 1. The number of hydrogen-bond donors (Lipinski definition) is 1. The van der Waals surface area contributed by atoms with Gasteiger partial charge in [0.05, 0.1) is 25.5 Å². The van der Waals surface area contributed by atoms with Crippen LogP contribution in [0.5, 0.6) is 23.0 Å². The molecule has 0 unspecified atom stereocenters. The minimum atomic E-state index is -0.370. The number of rotatable bonds is 8. The first-order chi connectivity index (χ1) is 16.2. The molecule has 33 heavy (non-hydrogen) atoms. The van der Waals surface area contributed by atoms with Crippen LogP contribution in [0, 0.1) is 0 Å². The van der Waals surface area contributed by atoms with E-state index in [0.29, 0.717) is 35.2 Å². The van der Waals surface area contributed by atoms with Crippen molar-refractivity contribution in [3.8, 4) is 23.0 Å². The van der Waals surface area contributed by atoms with E-state index in [0.717, 1.165) is 11.3 Å². The van der Waals surface area contributed by atoms with Gasteiger partial charge < -0.3 is 28.7 Å². The molecule has 1 N–H and O–H groups in total. The van der Waals surface area contributed by atoms with Crippen LogP contribution in [0.25, 0.3) is 0 Å². The predicted molar refractivity (Wildman–Crippen MR) is 118 cm³/mol. The van der Waals surface area contributed by atoms with Crippen molar-refractivity contribution in [2.45, 2.75) is 13.2 Å². The molecule has 0 atom stereocenters. The normalized spacial score (nSPS) is 11.9. The van der Waals surface area contributed by atoms with Crippen LogP contribution in [0.4, 0.5) is 5.69 Å². The Hall–Kier alpha value is -4.40. The lowest BCUT2D eigenvalue weighted by Crippen LogP contribution is -2.10. The van der Waals surface area contributed by atoms with Crippen molar-refractivity contribution in [2.24, 2.45) is 0 Å². The Morgan fingerprint density at radius 1 is 1.09 bits per heavy atom. The molecule has 0 aliphatic carbocycles. The van der Waals surface area contributed by atoms with Crippen molar-refractivity contribution in [2.75, 3.05) is 19.2 Å². The second-order valence-corrected chi connectivity index (χ2v) is 7.30. The Kier molecular flexibility index (Phi) is 5.59. The number of anilines is 1. The van der Waals surface area contributed by atoms with Crippen molar-refractivity contribution in [1.82, 2.24) is 9.78 Å². The number of carbonyl (C=O) groups is 1. The number of fused-ring (bicyclic) bond motifs is 1. The zero-order chi connectivity index (χ0) is 22.6. The lowest BCUT2D eigenvalue weighted by atomic mass is 10.2. The summed E-state index contributed by atoms with van der Waals surface area (Å²) in [5.74, 6) is 3.05. The van der Waals surface area contributed by atoms with Gasteiger partial charge in [-0.3, -0.25) is 9.48 Å². The summed E-state index contributed by atoms with van der Waals surface area (Å²) in [6.45, 7) is 0.926. The maximum absolute atomic E-state index is 12.6. The Morgan fingerprint density at radius 3 is 2.91 bits per heavy atom. The average molecular weight is 447 g/mol. The molecule has 0 bridgehead atoms. The Balaban J connectivity index is 1.16. The Morgan fingerprint density at radius 2 is 2.00 bits per heavy atom. The molecule has 0 spiro atoms. The zero-order valence-electron chi connectivity index (χ0n) is 17.8. The molecule has 0 saturated carbocycles. The number of benzene rings is 2. The number of furan rings is 1. The fourth-order valence-corrected chi connectivity index (χ4v) is 3.36. The molecule has 4 aromatic rings. The smallest absolute Gasteiger partial charge is 0.291 e. The number of nitrogens with one attached hydrogen (secondary N) is 1. The maximum atomic E-state index is 12.6. The molecule has 9 heteroatoms. The second kappa shape index (κ2) is 8.99. The van der Waals surface area contributed by atoms with Gasteiger partial charge in [0.2, 0.25) is 6.79 Å². The summed E-state index contributed by atoms with van der Waals surface area (Å²) in [4.78, 5) is 12.6. The van der Waals surface area contributed by atoms with Gasteiger partial charge in [-0.2, -0.15) is 5.10 Å².